The highest BCUT2D eigenvalue weighted by Crippen LogP contribution is 2.45. The minimum absolute atomic E-state index is 0.149. The number of benzene rings is 2. The van der Waals surface area contributed by atoms with E-state index in [-0.39, 0.29) is 23.7 Å². The molecule has 3 aromatic rings. The number of nitrogens with zero attached hydrogens (tertiary/aromatic N) is 2. The fourth-order valence-corrected chi connectivity index (χ4v) is 2.98. The van der Waals surface area contributed by atoms with Gasteiger partial charge in [0.05, 0.1) is 41.8 Å². The third kappa shape index (κ3) is 4.19. The molecule has 29 heavy (non-hydrogen) atoms. The van der Waals surface area contributed by atoms with Crippen molar-refractivity contribution in [2.75, 3.05) is 19.0 Å². The largest absolute Gasteiger partial charge is 0.493 e. The predicted octanol–water partition coefficient (Wildman–Crippen LogP) is 5.69. The van der Waals surface area contributed by atoms with E-state index in [2.05, 4.69) is 10.3 Å². The number of hydrogen-bond donors (Lipinski definition) is 1. The minimum atomic E-state index is -4.56. The molecular formula is C21H18F3N3O2. The van der Waals surface area contributed by atoms with E-state index in [1.165, 1.54) is 25.3 Å². The molecule has 1 heterocycles. The van der Waals surface area contributed by atoms with Crippen LogP contribution in [0.1, 0.15) is 17.5 Å². The number of nitriles is 1. The SMILES string of the molecule is COc1cc(NCCC#N)c2nccc(C)c2c1Oc1ccccc1C(F)(F)F. The topological polar surface area (TPSA) is 67.2 Å². The molecule has 0 amide bonds. The summed E-state index contributed by atoms with van der Waals surface area (Å²) in [6.45, 7) is 2.20. The van der Waals surface area contributed by atoms with Crippen molar-refractivity contribution in [3.05, 3.63) is 53.7 Å². The average molecular weight is 401 g/mol. The summed E-state index contributed by atoms with van der Waals surface area (Å²) in [6.07, 6.45) is -2.67. The van der Waals surface area contributed by atoms with Crippen molar-refractivity contribution in [3.8, 4) is 23.3 Å². The third-order valence-corrected chi connectivity index (χ3v) is 4.32. The molecule has 3 rings (SSSR count). The van der Waals surface area contributed by atoms with E-state index in [4.69, 9.17) is 14.7 Å². The van der Waals surface area contributed by atoms with Gasteiger partial charge in [0.1, 0.15) is 5.75 Å². The zero-order chi connectivity index (χ0) is 21.0. The molecular weight excluding hydrogens is 383 g/mol. The van der Waals surface area contributed by atoms with E-state index in [0.717, 1.165) is 11.6 Å². The van der Waals surface area contributed by atoms with Gasteiger partial charge in [-0.2, -0.15) is 18.4 Å². The summed E-state index contributed by atoms with van der Waals surface area (Å²) in [5.41, 5.74) is 1.00. The Bertz CT molecular complexity index is 1080. The van der Waals surface area contributed by atoms with E-state index in [1.54, 1.807) is 18.3 Å². The van der Waals surface area contributed by atoms with Crippen LogP contribution in [0.5, 0.6) is 17.2 Å². The van der Waals surface area contributed by atoms with Gasteiger partial charge in [0.15, 0.2) is 11.5 Å². The Morgan fingerprint density at radius 2 is 1.93 bits per heavy atom. The van der Waals surface area contributed by atoms with Crippen LogP contribution in [0, 0.1) is 18.3 Å². The first-order chi connectivity index (χ1) is 13.9. The molecule has 0 spiro atoms. The van der Waals surface area contributed by atoms with Crippen molar-refractivity contribution in [1.29, 1.82) is 5.26 Å². The lowest BCUT2D eigenvalue weighted by Gasteiger charge is -2.19. The normalized spacial score (nSPS) is 11.2. The van der Waals surface area contributed by atoms with Crippen molar-refractivity contribution in [2.24, 2.45) is 0 Å². The Kier molecular flexibility index (Phi) is 5.78. The summed E-state index contributed by atoms with van der Waals surface area (Å²) >= 11 is 0. The summed E-state index contributed by atoms with van der Waals surface area (Å²) in [5, 5.41) is 12.4. The highest BCUT2D eigenvalue weighted by atomic mass is 19.4. The smallest absolute Gasteiger partial charge is 0.419 e. The number of alkyl halides is 3. The van der Waals surface area contributed by atoms with Gasteiger partial charge < -0.3 is 14.8 Å². The number of rotatable bonds is 6. The Balaban J connectivity index is 2.19. The zero-order valence-corrected chi connectivity index (χ0v) is 15.8. The van der Waals surface area contributed by atoms with Crippen molar-refractivity contribution in [2.45, 2.75) is 19.5 Å². The second-order valence-corrected chi connectivity index (χ2v) is 6.24. The molecule has 0 aliphatic carbocycles. The van der Waals surface area contributed by atoms with Crippen LogP contribution in [0.15, 0.2) is 42.6 Å². The van der Waals surface area contributed by atoms with Gasteiger partial charge in [-0.3, -0.25) is 4.98 Å². The van der Waals surface area contributed by atoms with Crippen LogP contribution in [0.2, 0.25) is 0 Å². The summed E-state index contributed by atoms with van der Waals surface area (Å²) in [4.78, 5) is 4.37. The van der Waals surface area contributed by atoms with Crippen LogP contribution in [0.3, 0.4) is 0 Å². The van der Waals surface area contributed by atoms with Gasteiger partial charge in [-0.05, 0) is 30.7 Å². The van der Waals surface area contributed by atoms with Gasteiger partial charge in [0.2, 0.25) is 0 Å². The molecule has 2 aromatic carbocycles. The van der Waals surface area contributed by atoms with Crippen LogP contribution in [-0.2, 0) is 6.18 Å². The number of aromatic nitrogens is 1. The number of fused-ring (bicyclic) bond motifs is 1. The fraction of sp³-hybridized carbons (Fsp3) is 0.238. The standard InChI is InChI=1S/C21H18F3N3O2/c1-13-8-11-27-19-15(26-10-5-9-25)12-17(28-2)20(18(13)19)29-16-7-4-3-6-14(16)21(22,23)24/h3-4,6-8,11-12,26H,5,10H2,1-2H3. The number of methoxy groups -OCH3 is 1. The van der Waals surface area contributed by atoms with Crippen LogP contribution >= 0.6 is 0 Å². The van der Waals surface area contributed by atoms with Gasteiger partial charge in [-0.15, -0.1) is 0 Å². The van der Waals surface area contributed by atoms with Crippen molar-refractivity contribution in [1.82, 2.24) is 4.98 Å². The zero-order valence-electron chi connectivity index (χ0n) is 15.8. The van der Waals surface area contributed by atoms with E-state index >= 15 is 0 Å². The minimum Gasteiger partial charge on any atom is -0.493 e. The number of hydrogen-bond acceptors (Lipinski definition) is 5. The van der Waals surface area contributed by atoms with Crippen LogP contribution in [0.25, 0.3) is 10.9 Å². The lowest BCUT2D eigenvalue weighted by molar-refractivity contribution is -0.138. The molecule has 1 aromatic heterocycles. The third-order valence-electron chi connectivity index (χ3n) is 4.32. The van der Waals surface area contributed by atoms with Crippen LogP contribution < -0.4 is 14.8 Å². The maximum Gasteiger partial charge on any atom is 0.419 e. The maximum absolute atomic E-state index is 13.4. The number of halogens is 3. The molecule has 0 aliphatic rings. The maximum atomic E-state index is 13.4. The van der Waals surface area contributed by atoms with Crippen molar-refractivity contribution >= 4 is 16.6 Å². The molecule has 0 fully saturated rings. The number of ether oxygens (including phenoxy) is 2. The van der Waals surface area contributed by atoms with E-state index in [9.17, 15) is 13.2 Å². The second kappa shape index (κ2) is 8.27. The molecule has 1 N–H and O–H groups in total. The Morgan fingerprint density at radius 1 is 1.17 bits per heavy atom. The first-order valence-corrected chi connectivity index (χ1v) is 8.78. The van der Waals surface area contributed by atoms with Gasteiger partial charge in [-0.25, -0.2) is 0 Å². The molecule has 0 unspecified atom stereocenters. The average Bonchev–Trinajstić information content (AvgIpc) is 2.69. The number of pyridine rings is 1. The summed E-state index contributed by atoms with van der Waals surface area (Å²) in [5.74, 6) is 0.0775. The molecule has 150 valence electrons. The monoisotopic (exact) mass is 401 g/mol. The molecule has 0 aliphatic heterocycles. The van der Waals surface area contributed by atoms with Crippen LogP contribution in [-0.4, -0.2) is 18.6 Å². The Hall–Kier alpha value is -3.47. The van der Waals surface area contributed by atoms with E-state index < -0.39 is 11.7 Å². The van der Waals surface area contributed by atoms with Gasteiger partial charge in [0, 0.05) is 18.8 Å². The highest BCUT2D eigenvalue weighted by molar-refractivity contribution is 5.99. The number of nitrogens with one attached hydrogen (secondary N) is 1. The Labute approximate surface area is 165 Å². The molecule has 0 saturated carbocycles. The van der Waals surface area contributed by atoms with Crippen molar-refractivity contribution < 1.29 is 22.6 Å². The number of anilines is 1. The van der Waals surface area contributed by atoms with Crippen LogP contribution in [0.4, 0.5) is 18.9 Å². The second-order valence-electron chi connectivity index (χ2n) is 6.24. The summed E-state index contributed by atoms with van der Waals surface area (Å²) in [6, 6.07) is 10.4. The molecule has 0 atom stereocenters. The molecule has 0 bridgehead atoms. The van der Waals surface area contributed by atoms with Gasteiger partial charge >= 0.3 is 6.18 Å². The van der Waals surface area contributed by atoms with Crippen molar-refractivity contribution in [3.63, 3.8) is 0 Å². The molecule has 8 heteroatoms. The van der Waals surface area contributed by atoms with Gasteiger partial charge in [-0.1, -0.05) is 12.1 Å². The van der Waals surface area contributed by atoms with E-state index in [1.807, 2.05) is 13.0 Å². The molecule has 5 nitrogen and oxygen atoms in total. The predicted molar refractivity (Wildman–Crippen MR) is 103 cm³/mol. The molecule has 0 radical (unpaired) electrons. The van der Waals surface area contributed by atoms with Gasteiger partial charge in [0.25, 0.3) is 0 Å². The highest BCUT2D eigenvalue weighted by Gasteiger charge is 2.34. The summed E-state index contributed by atoms with van der Waals surface area (Å²) < 4.78 is 51.4. The fourth-order valence-electron chi connectivity index (χ4n) is 2.98. The summed E-state index contributed by atoms with van der Waals surface area (Å²) in [7, 11) is 1.41. The number of para-hydroxylation sites is 1. The Morgan fingerprint density at radius 3 is 2.62 bits per heavy atom. The lowest BCUT2D eigenvalue weighted by atomic mass is 10.1. The lowest BCUT2D eigenvalue weighted by Crippen LogP contribution is -2.08. The number of aryl methyl sites for hydroxylation is 1. The first kappa shape index (κ1) is 20.3. The quantitative estimate of drug-likeness (QED) is 0.538. The van der Waals surface area contributed by atoms with E-state index in [0.29, 0.717) is 23.1 Å². The first-order valence-electron chi connectivity index (χ1n) is 8.78. The molecule has 0 saturated heterocycles.